The standard InChI is InChI=1S/C14H22N4O2S/c1-3-13(19)18-8-4-5-11(9-18)14(20)15-7-6-12-17-16-10(2)21-12/h11H,3-9H2,1-2H3,(H,15,20). The number of nitrogens with one attached hydrogen (secondary N) is 1. The van der Waals surface area contributed by atoms with Gasteiger partial charge in [0.1, 0.15) is 10.0 Å². The van der Waals surface area contributed by atoms with Crippen molar-refractivity contribution in [2.75, 3.05) is 19.6 Å². The molecular weight excluding hydrogens is 288 g/mol. The zero-order valence-electron chi connectivity index (χ0n) is 12.6. The van der Waals surface area contributed by atoms with Crippen molar-refractivity contribution in [2.24, 2.45) is 5.92 Å². The molecule has 1 aromatic heterocycles. The third kappa shape index (κ3) is 4.49. The first kappa shape index (κ1) is 15.9. The van der Waals surface area contributed by atoms with Crippen LogP contribution in [-0.4, -0.2) is 46.5 Å². The normalized spacial score (nSPS) is 18.6. The molecule has 1 unspecified atom stereocenters. The molecule has 2 heterocycles. The van der Waals surface area contributed by atoms with Gasteiger partial charge in [0.25, 0.3) is 0 Å². The van der Waals surface area contributed by atoms with E-state index in [1.54, 1.807) is 11.3 Å². The Kier molecular flexibility index (Phi) is 5.67. The lowest BCUT2D eigenvalue weighted by molar-refractivity contribution is -0.135. The van der Waals surface area contributed by atoms with Crippen molar-refractivity contribution in [1.29, 1.82) is 0 Å². The molecule has 0 aliphatic carbocycles. The number of carbonyl (C=O) groups excluding carboxylic acids is 2. The van der Waals surface area contributed by atoms with Crippen LogP contribution in [0.15, 0.2) is 0 Å². The summed E-state index contributed by atoms with van der Waals surface area (Å²) in [5, 5.41) is 12.8. The van der Waals surface area contributed by atoms with Gasteiger partial charge >= 0.3 is 0 Å². The highest BCUT2D eigenvalue weighted by Gasteiger charge is 2.27. The van der Waals surface area contributed by atoms with Crippen LogP contribution in [0.4, 0.5) is 0 Å². The van der Waals surface area contributed by atoms with E-state index in [1.165, 1.54) is 0 Å². The van der Waals surface area contributed by atoms with Crippen molar-refractivity contribution >= 4 is 23.2 Å². The number of carbonyl (C=O) groups is 2. The molecule has 2 rings (SSSR count). The largest absolute Gasteiger partial charge is 0.355 e. The average molecular weight is 310 g/mol. The molecule has 0 radical (unpaired) electrons. The maximum absolute atomic E-state index is 12.2. The number of likely N-dealkylation sites (tertiary alicyclic amines) is 1. The Morgan fingerprint density at radius 3 is 2.90 bits per heavy atom. The van der Waals surface area contributed by atoms with Gasteiger partial charge < -0.3 is 10.2 Å². The lowest BCUT2D eigenvalue weighted by atomic mass is 9.97. The van der Waals surface area contributed by atoms with Crippen LogP contribution < -0.4 is 5.32 Å². The predicted octanol–water partition coefficient (Wildman–Crippen LogP) is 1.15. The second-order valence-corrected chi connectivity index (χ2v) is 6.55. The van der Waals surface area contributed by atoms with Crippen LogP contribution in [0.5, 0.6) is 0 Å². The van der Waals surface area contributed by atoms with Gasteiger partial charge in [-0.1, -0.05) is 6.92 Å². The number of hydrogen-bond donors (Lipinski definition) is 1. The van der Waals surface area contributed by atoms with E-state index in [1.807, 2.05) is 18.7 Å². The lowest BCUT2D eigenvalue weighted by Crippen LogP contribution is -2.45. The van der Waals surface area contributed by atoms with Crippen LogP contribution in [0.3, 0.4) is 0 Å². The summed E-state index contributed by atoms with van der Waals surface area (Å²) in [6.45, 7) is 5.68. The van der Waals surface area contributed by atoms with Gasteiger partial charge in [0.2, 0.25) is 11.8 Å². The van der Waals surface area contributed by atoms with E-state index in [2.05, 4.69) is 15.5 Å². The van der Waals surface area contributed by atoms with Gasteiger partial charge in [0.15, 0.2) is 0 Å². The van der Waals surface area contributed by atoms with Crippen molar-refractivity contribution in [3.8, 4) is 0 Å². The molecule has 6 nitrogen and oxygen atoms in total. The fourth-order valence-corrected chi connectivity index (χ4v) is 3.23. The molecule has 21 heavy (non-hydrogen) atoms. The van der Waals surface area contributed by atoms with Gasteiger partial charge in [0, 0.05) is 32.5 Å². The van der Waals surface area contributed by atoms with E-state index in [-0.39, 0.29) is 17.7 Å². The zero-order chi connectivity index (χ0) is 15.2. The van der Waals surface area contributed by atoms with E-state index >= 15 is 0 Å². The van der Waals surface area contributed by atoms with Crippen LogP contribution in [0, 0.1) is 12.8 Å². The first-order chi connectivity index (χ1) is 10.1. The molecule has 0 spiro atoms. The monoisotopic (exact) mass is 310 g/mol. The van der Waals surface area contributed by atoms with Gasteiger partial charge in [-0.15, -0.1) is 21.5 Å². The van der Waals surface area contributed by atoms with Crippen LogP contribution >= 0.6 is 11.3 Å². The fourth-order valence-electron chi connectivity index (χ4n) is 2.52. The molecule has 2 amide bonds. The summed E-state index contributed by atoms with van der Waals surface area (Å²) in [5.74, 6) is 0.104. The summed E-state index contributed by atoms with van der Waals surface area (Å²) in [4.78, 5) is 25.7. The van der Waals surface area contributed by atoms with E-state index in [9.17, 15) is 9.59 Å². The number of aromatic nitrogens is 2. The molecule has 1 atom stereocenters. The van der Waals surface area contributed by atoms with Crippen molar-refractivity contribution < 1.29 is 9.59 Å². The van der Waals surface area contributed by atoms with Gasteiger partial charge in [-0.25, -0.2) is 0 Å². The Bertz CT molecular complexity index is 503. The quantitative estimate of drug-likeness (QED) is 0.885. The molecule has 1 fully saturated rings. The third-order valence-corrected chi connectivity index (χ3v) is 4.55. The van der Waals surface area contributed by atoms with Crippen LogP contribution in [-0.2, 0) is 16.0 Å². The minimum atomic E-state index is -0.0783. The highest BCUT2D eigenvalue weighted by atomic mass is 32.1. The van der Waals surface area contributed by atoms with Gasteiger partial charge in [-0.05, 0) is 19.8 Å². The number of rotatable bonds is 5. The Morgan fingerprint density at radius 1 is 1.43 bits per heavy atom. The summed E-state index contributed by atoms with van der Waals surface area (Å²) in [6.07, 6.45) is 2.98. The average Bonchev–Trinajstić information content (AvgIpc) is 2.92. The maximum atomic E-state index is 12.2. The van der Waals surface area contributed by atoms with Crippen LogP contribution in [0.25, 0.3) is 0 Å². The third-order valence-electron chi connectivity index (χ3n) is 3.65. The van der Waals surface area contributed by atoms with Crippen LogP contribution in [0.1, 0.15) is 36.2 Å². The lowest BCUT2D eigenvalue weighted by Gasteiger charge is -2.31. The second-order valence-electron chi connectivity index (χ2n) is 5.29. The molecule has 1 saturated heterocycles. The number of hydrogen-bond acceptors (Lipinski definition) is 5. The molecule has 0 saturated carbocycles. The highest BCUT2D eigenvalue weighted by molar-refractivity contribution is 7.11. The molecule has 1 aliphatic heterocycles. The van der Waals surface area contributed by atoms with E-state index in [0.717, 1.165) is 29.4 Å². The molecule has 1 aromatic rings. The van der Waals surface area contributed by atoms with Gasteiger partial charge in [-0.3, -0.25) is 9.59 Å². The first-order valence-corrected chi connectivity index (χ1v) is 8.26. The Hall–Kier alpha value is -1.50. The minimum Gasteiger partial charge on any atom is -0.355 e. The summed E-state index contributed by atoms with van der Waals surface area (Å²) in [6, 6.07) is 0. The molecule has 0 aromatic carbocycles. The minimum absolute atomic E-state index is 0.0461. The highest BCUT2D eigenvalue weighted by Crippen LogP contribution is 2.17. The van der Waals surface area contributed by atoms with Crippen molar-refractivity contribution in [2.45, 2.75) is 39.5 Å². The Labute approximate surface area is 128 Å². The van der Waals surface area contributed by atoms with Crippen LogP contribution in [0.2, 0.25) is 0 Å². The van der Waals surface area contributed by atoms with Gasteiger partial charge in [-0.2, -0.15) is 0 Å². The first-order valence-electron chi connectivity index (χ1n) is 7.44. The smallest absolute Gasteiger partial charge is 0.224 e. The fraction of sp³-hybridized carbons (Fsp3) is 0.714. The summed E-state index contributed by atoms with van der Waals surface area (Å²) in [7, 11) is 0. The molecule has 7 heteroatoms. The number of amides is 2. The number of piperidine rings is 1. The number of nitrogens with zero attached hydrogens (tertiary/aromatic N) is 3. The second kappa shape index (κ2) is 7.49. The van der Waals surface area contributed by atoms with Crippen molar-refractivity contribution in [1.82, 2.24) is 20.4 Å². The predicted molar refractivity (Wildman–Crippen MR) is 81.0 cm³/mol. The van der Waals surface area contributed by atoms with E-state index < -0.39 is 0 Å². The number of aryl methyl sites for hydroxylation is 1. The summed E-state index contributed by atoms with van der Waals surface area (Å²) >= 11 is 1.56. The van der Waals surface area contributed by atoms with Gasteiger partial charge in [0.05, 0.1) is 5.92 Å². The molecule has 116 valence electrons. The Morgan fingerprint density at radius 2 is 2.24 bits per heavy atom. The molecule has 1 N–H and O–H groups in total. The van der Waals surface area contributed by atoms with E-state index in [4.69, 9.17) is 0 Å². The molecule has 0 bridgehead atoms. The summed E-state index contributed by atoms with van der Waals surface area (Å²) < 4.78 is 0. The summed E-state index contributed by atoms with van der Waals surface area (Å²) in [5.41, 5.74) is 0. The Balaban J connectivity index is 1.76. The molecule has 1 aliphatic rings. The zero-order valence-corrected chi connectivity index (χ0v) is 13.4. The molecular formula is C14H22N4O2S. The SMILES string of the molecule is CCC(=O)N1CCCC(C(=O)NCCc2nnc(C)s2)C1. The van der Waals surface area contributed by atoms with E-state index in [0.29, 0.717) is 25.9 Å². The topological polar surface area (TPSA) is 75.2 Å². The van der Waals surface area contributed by atoms with Crippen molar-refractivity contribution in [3.63, 3.8) is 0 Å². The maximum Gasteiger partial charge on any atom is 0.224 e. The van der Waals surface area contributed by atoms with Crippen molar-refractivity contribution in [3.05, 3.63) is 10.0 Å².